The molecule has 1 saturated heterocycles. The fourth-order valence-corrected chi connectivity index (χ4v) is 3.77. The molecule has 27 heavy (non-hydrogen) atoms. The second kappa shape index (κ2) is 8.33. The van der Waals surface area contributed by atoms with E-state index < -0.39 is 0 Å². The Hall–Kier alpha value is -2.69. The average molecular weight is 365 g/mol. The van der Waals surface area contributed by atoms with E-state index >= 15 is 0 Å². The highest BCUT2D eigenvalue weighted by Crippen LogP contribution is 2.18. The van der Waals surface area contributed by atoms with Gasteiger partial charge in [-0.25, -0.2) is 0 Å². The van der Waals surface area contributed by atoms with E-state index in [1.807, 2.05) is 11.0 Å². The van der Waals surface area contributed by atoms with Crippen molar-refractivity contribution in [2.45, 2.75) is 33.6 Å². The topological polar surface area (TPSA) is 53.5 Å². The lowest BCUT2D eigenvalue weighted by Gasteiger charge is -2.23. The molecule has 0 unspecified atom stereocenters. The van der Waals surface area contributed by atoms with Crippen molar-refractivity contribution in [2.24, 2.45) is 0 Å². The largest absolute Gasteiger partial charge is 0.341 e. The normalized spacial score (nSPS) is 14.8. The molecule has 0 bridgehead atoms. The number of hydrogen-bond donors (Lipinski definition) is 0. The van der Waals surface area contributed by atoms with E-state index in [1.165, 1.54) is 16.7 Å². The lowest BCUT2D eigenvalue weighted by atomic mass is 9.97. The Morgan fingerprint density at radius 3 is 2.30 bits per heavy atom. The van der Waals surface area contributed by atoms with Crippen molar-refractivity contribution < 1.29 is 9.59 Å². The Bertz CT molecular complexity index is 810. The van der Waals surface area contributed by atoms with E-state index in [4.69, 9.17) is 0 Å². The number of rotatable bonds is 3. The highest BCUT2D eigenvalue weighted by atomic mass is 16.2. The molecule has 2 heterocycles. The molecule has 0 N–H and O–H groups in total. The molecule has 142 valence electrons. The van der Waals surface area contributed by atoms with Crippen LogP contribution in [0.3, 0.4) is 0 Å². The van der Waals surface area contributed by atoms with E-state index in [0.29, 0.717) is 38.3 Å². The fraction of sp³-hybridized carbons (Fsp3) is 0.409. The zero-order chi connectivity index (χ0) is 19.4. The molecule has 5 heteroatoms. The Kier molecular flexibility index (Phi) is 5.89. The Balaban J connectivity index is 1.64. The smallest absolute Gasteiger partial charge is 0.272 e. The van der Waals surface area contributed by atoms with E-state index in [-0.39, 0.29) is 11.8 Å². The summed E-state index contributed by atoms with van der Waals surface area (Å²) < 4.78 is 0. The zero-order valence-corrected chi connectivity index (χ0v) is 16.4. The molecule has 0 saturated carbocycles. The van der Waals surface area contributed by atoms with Gasteiger partial charge in [0.2, 0.25) is 5.91 Å². The maximum atomic E-state index is 12.9. The highest BCUT2D eigenvalue weighted by Gasteiger charge is 2.24. The lowest BCUT2D eigenvalue weighted by molar-refractivity contribution is -0.130. The summed E-state index contributed by atoms with van der Waals surface area (Å²) in [6.07, 6.45) is 2.84. The summed E-state index contributed by atoms with van der Waals surface area (Å²) in [5.41, 5.74) is 5.14. The summed E-state index contributed by atoms with van der Waals surface area (Å²) in [5.74, 6) is 0.0762. The van der Waals surface area contributed by atoms with Crippen LogP contribution in [0.2, 0.25) is 0 Å². The van der Waals surface area contributed by atoms with Crippen LogP contribution in [0.15, 0.2) is 36.5 Å². The number of carbonyl (C=O) groups excluding carboxylic acids is 2. The molecule has 0 atom stereocenters. The van der Waals surface area contributed by atoms with Gasteiger partial charge in [0, 0.05) is 32.4 Å². The van der Waals surface area contributed by atoms with Crippen molar-refractivity contribution in [3.63, 3.8) is 0 Å². The molecule has 0 spiro atoms. The quantitative estimate of drug-likeness (QED) is 0.840. The van der Waals surface area contributed by atoms with Gasteiger partial charge in [-0.05, 0) is 56.0 Å². The number of nitrogens with zero attached hydrogens (tertiary/aromatic N) is 3. The first-order valence-electron chi connectivity index (χ1n) is 9.50. The standard InChI is InChI=1S/C22H27N3O2/c1-16-13-17(2)19(18(3)14-16)15-21(26)24-9-6-10-25(12-11-24)22(27)20-7-4-5-8-23-20/h4-5,7-8,13-14H,6,9-12,15H2,1-3H3. The zero-order valence-electron chi connectivity index (χ0n) is 16.4. The summed E-state index contributed by atoms with van der Waals surface area (Å²) in [4.78, 5) is 33.3. The van der Waals surface area contributed by atoms with Gasteiger partial charge in [0.15, 0.2) is 0 Å². The number of amides is 2. The minimum absolute atomic E-state index is 0.0601. The summed E-state index contributed by atoms with van der Waals surface area (Å²) in [6.45, 7) is 8.68. The molecule has 1 aliphatic rings. The Labute approximate surface area is 161 Å². The first-order valence-corrected chi connectivity index (χ1v) is 9.50. The van der Waals surface area contributed by atoms with Crippen LogP contribution in [0.5, 0.6) is 0 Å². The molecule has 1 aromatic heterocycles. The van der Waals surface area contributed by atoms with Crippen LogP contribution in [0.4, 0.5) is 0 Å². The van der Waals surface area contributed by atoms with Crippen LogP contribution in [-0.2, 0) is 11.2 Å². The van der Waals surface area contributed by atoms with Crippen LogP contribution in [0.1, 0.15) is 39.2 Å². The van der Waals surface area contributed by atoms with Crippen molar-refractivity contribution in [3.8, 4) is 0 Å². The number of aromatic nitrogens is 1. The second-order valence-corrected chi connectivity index (χ2v) is 7.30. The van der Waals surface area contributed by atoms with Crippen molar-refractivity contribution in [3.05, 3.63) is 64.5 Å². The molecule has 0 aliphatic carbocycles. The molecule has 0 radical (unpaired) electrons. The van der Waals surface area contributed by atoms with Gasteiger partial charge in [-0.2, -0.15) is 0 Å². The SMILES string of the molecule is Cc1cc(C)c(CC(=O)N2CCCN(C(=O)c3ccccn3)CC2)c(C)c1. The molecule has 3 rings (SSSR count). The van der Waals surface area contributed by atoms with E-state index in [2.05, 4.69) is 37.9 Å². The summed E-state index contributed by atoms with van der Waals surface area (Å²) in [7, 11) is 0. The summed E-state index contributed by atoms with van der Waals surface area (Å²) in [6, 6.07) is 9.62. The second-order valence-electron chi connectivity index (χ2n) is 7.30. The number of pyridine rings is 1. The number of carbonyl (C=O) groups is 2. The van der Waals surface area contributed by atoms with Gasteiger partial charge in [0.05, 0.1) is 6.42 Å². The van der Waals surface area contributed by atoms with Crippen LogP contribution in [0.25, 0.3) is 0 Å². The minimum Gasteiger partial charge on any atom is -0.341 e. The highest BCUT2D eigenvalue weighted by molar-refractivity contribution is 5.92. The maximum Gasteiger partial charge on any atom is 0.272 e. The molecule has 2 amide bonds. The minimum atomic E-state index is -0.0601. The maximum absolute atomic E-state index is 12.9. The summed E-state index contributed by atoms with van der Waals surface area (Å²) in [5, 5.41) is 0. The van der Waals surface area contributed by atoms with Crippen molar-refractivity contribution in [2.75, 3.05) is 26.2 Å². The van der Waals surface area contributed by atoms with Gasteiger partial charge in [-0.3, -0.25) is 14.6 Å². The Morgan fingerprint density at radius 1 is 0.963 bits per heavy atom. The molecule has 1 fully saturated rings. The molecular weight excluding hydrogens is 338 g/mol. The predicted molar refractivity (Wildman–Crippen MR) is 106 cm³/mol. The van der Waals surface area contributed by atoms with Gasteiger partial charge in [0.25, 0.3) is 5.91 Å². The number of aryl methyl sites for hydroxylation is 3. The van der Waals surface area contributed by atoms with E-state index in [1.54, 1.807) is 23.2 Å². The first-order chi connectivity index (χ1) is 13.0. The van der Waals surface area contributed by atoms with E-state index in [0.717, 1.165) is 12.0 Å². The lowest BCUT2D eigenvalue weighted by Crippen LogP contribution is -2.38. The van der Waals surface area contributed by atoms with Crippen molar-refractivity contribution in [1.29, 1.82) is 0 Å². The molecule has 1 aromatic carbocycles. The fourth-order valence-electron chi connectivity index (χ4n) is 3.77. The summed E-state index contributed by atoms with van der Waals surface area (Å²) >= 11 is 0. The van der Waals surface area contributed by atoms with Gasteiger partial charge in [0.1, 0.15) is 5.69 Å². The van der Waals surface area contributed by atoms with Gasteiger partial charge < -0.3 is 9.80 Å². The first kappa shape index (κ1) is 19.1. The van der Waals surface area contributed by atoms with Gasteiger partial charge >= 0.3 is 0 Å². The molecule has 5 nitrogen and oxygen atoms in total. The number of hydrogen-bond acceptors (Lipinski definition) is 3. The van der Waals surface area contributed by atoms with Gasteiger partial charge in [-0.15, -0.1) is 0 Å². The van der Waals surface area contributed by atoms with Crippen LogP contribution >= 0.6 is 0 Å². The third-order valence-electron chi connectivity index (χ3n) is 5.19. The van der Waals surface area contributed by atoms with Crippen LogP contribution < -0.4 is 0 Å². The molecular formula is C22H27N3O2. The van der Waals surface area contributed by atoms with Crippen molar-refractivity contribution in [1.82, 2.24) is 14.8 Å². The predicted octanol–water partition coefficient (Wildman–Crippen LogP) is 2.92. The van der Waals surface area contributed by atoms with E-state index in [9.17, 15) is 9.59 Å². The molecule has 1 aliphatic heterocycles. The van der Waals surface area contributed by atoms with Gasteiger partial charge in [-0.1, -0.05) is 23.8 Å². The third-order valence-corrected chi connectivity index (χ3v) is 5.19. The van der Waals surface area contributed by atoms with Crippen LogP contribution in [-0.4, -0.2) is 52.8 Å². The van der Waals surface area contributed by atoms with Crippen molar-refractivity contribution >= 4 is 11.8 Å². The Morgan fingerprint density at radius 2 is 1.63 bits per heavy atom. The molecule has 2 aromatic rings. The van der Waals surface area contributed by atoms with Crippen LogP contribution in [0, 0.1) is 20.8 Å². The monoisotopic (exact) mass is 365 g/mol. The average Bonchev–Trinajstić information content (AvgIpc) is 2.91. The third kappa shape index (κ3) is 4.54. The number of benzene rings is 1.